The van der Waals surface area contributed by atoms with Gasteiger partial charge in [0.25, 0.3) is 0 Å². The third-order valence-corrected chi connectivity index (χ3v) is 1.90. The number of esters is 1. The molecule has 0 N–H and O–H groups in total. The molecule has 2 atom stereocenters. The maximum Gasteiger partial charge on any atom is 0.315 e. The van der Waals surface area contributed by atoms with Crippen LogP contribution in [0.1, 0.15) is 13.8 Å². The number of ether oxygens (including phenoxy) is 1. The number of Topliss-reactive ketones (excluding diaryl/α,β-unsaturated/α-hetero) is 1. The Labute approximate surface area is 78.0 Å². The molecule has 0 rings (SSSR count). The Kier molecular flexibility index (Phi) is 4.38. The standard InChI is InChI=1S/C8H11BO4/c1-4(5(2)10)6(7(9)11)8(12)13-3/h4,6H,1-3H3. The number of rotatable bonds is 4. The van der Waals surface area contributed by atoms with Gasteiger partial charge in [-0.3, -0.25) is 9.59 Å². The molecule has 0 amide bonds. The van der Waals surface area contributed by atoms with Gasteiger partial charge in [0.15, 0.2) is 7.85 Å². The highest BCUT2D eigenvalue weighted by Gasteiger charge is 2.32. The van der Waals surface area contributed by atoms with Crippen molar-refractivity contribution in [3.05, 3.63) is 0 Å². The molecule has 0 saturated heterocycles. The third kappa shape index (κ3) is 3.01. The molecule has 0 heterocycles. The molecule has 2 unspecified atom stereocenters. The first-order valence-electron chi connectivity index (χ1n) is 3.79. The quantitative estimate of drug-likeness (QED) is 0.340. The fraction of sp³-hybridized carbons (Fsp3) is 0.625. The average Bonchev–Trinajstić information content (AvgIpc) is 2.03. The van der Waals surface area contributed by atoms with Crippen molar-refractivity contribution in [1.82, 2.24) is 0 Å². The van der Waals surface area contributed by atoms with Crippen molar-refractivity contribution in [3.63, 3.8) is 0 Å². The molecule has 0 aromatic rings. The number of ketones is 1. The molecule has 0 fully saturated rings. The van der Waals surface area contributed by atoms with Crippen molar-refractivity contribution >= 4 is 25.3 Å². The zero-order valence-corrected chi connectivity index (χ0v) is 7.87. The van der Waals surface area contributed by atoms with Gasteiger partial charge in [0, 0.05) is 5.92 Å². The molecule has 5 heteroatoms. The summed E-state index contributed by atoms with van der Waals surface area (Å²) in [5.74, 6) is -2.95. The van der Waals surface area contributed by atoms with Crippen LogP contribution in [0.3, 0.4) is 0 Å². The van der Waals surface area contributed by atoms with E-state index in [2.05, 4.69) is 4.74 Å². The van der Waals surface area contributed by atoms with Crippen LogP contribution in [0.4, 0.5) is 0 Å². The molecule has 0 aliphatic heterocycles. The monoisotopic (exact) mass is 182 g/mol. The second-order valence-corrected chi connectivity index (χ2v) is 2.80. The van der Waals surface area contributed by atoms with E-state index in [-0.39, 0.29) is 5.78 Å². The molecule has 0 saturated carbocycles. The number of methoxy groups -OCH3 is 1. The van der Waals surface area contributed by atoms with Gasteiger partial charge in [0.2, 0.25) is 0 Å². The Balaban J connectivity index is 4.71. The summed E-state index contributed by atoms with van der Waals surface area (Å²) >= 11 is 0. The number of carbonyl (C=O) groups is 3. The van der Waals surface area contributed by atoms with E-state index in [4.69, 9.17) is 7.85 Å². The highest BCUT2D eigenvalue weighted by atomic mass is 16.5. The molecule has 0 aromatic heterocycles. The van der Waals surface area contributed by atoms with Crippen molar-refractivity contribution in [2.45, 2.75) is 13.8 Å². The predicted octanol–water partition coefficient (Wildman–Crippen LogP) is -0.304. The molecule has 0 bridgehead atoms. The highest BCUT2D eigenvalue weighted by molar-refractivity contribution is 6.60. The Morgan fingerprint density at radius 3 is 2.00 bits per heavy atom. The zero-order chi connectivity index (χ0) is 10.6. The van der Waals surface area contributed by atoms with Gasteiger partial charge in [-0.15, -0.1) is 0 Å². The van der Waals surface area contributed by atoms with Crippen LogP contribution in [0.25, 0.3) is 0 Å². The van der Waals surface area contributed by atoms with Crippen molar-refractivity contribution < 1.29 is 19.1 Å². The van der Waals surface area contributed by atoms with Crippen LogP contribution in [0, 0.1) is 11.8 Å². The van der Waals surface area contributed by atoms with Crippen LogP contribution >= 0.6 is 0 Å². The lowest BCUT2D eigenvalue weighted by Gasteiger charge is -2.16. The number of hydrogen-bond donors (Lipinski definition) is 0. The van der Waals surface area contributed by atoms with Crippen LogP contribution in [0.15, 0.2) is 0 Å². The summed E-state index contributed by atoms with van der Waals surface area (Å²) in [5.41, 5.74) is -0.838. The molecular weight excluding hydrogens is 171 g/mol. The first kappa shape index (κ1) is 11.9. The smallest absolute Gasteiger partial charge is 0.315 e. The first-order valence-corrected chi connectivity index (χ1v) is 3.79. The summed E-state index contributed by atoms with van der Waals surface area (Å²) in [6, 6.07) is 0. The molecule has 0 aliphatic carbocycles. The normalized spacial score (nSPS) is 14.4. The molecule has 4 nitrogen and oxygen atoms in total. The van der Waals surface area contributed by atoms with Crippen molar-refractivity contribution in [3.8, 4) is 0 Å². The lowest BCUT2D eigenvalue weighted by atomic mass is 9.79. The lowest BCUT2D eigenvalue weighted by molar-refractivity contribution is -0.151. The Morgan fingerprint density at radius 2 is 1.77 bits per heavy atom. The number of hydrogen-bond acceptors (Lipinski definition) is 4. The summed E-state index contributed by atoms with van der Waals surface area (Å²) in [7, 11) is 6.10. The molecule has 13 heavy (non-hydrogen) atoms. The van der Waals surface area contributed by atoms with Crippen LogP contribution in [0.2, 0.25) is 0 Å². The van der Waals surface area contributed by atoms with Crippen LogP contribution in [0.5, 0.6) is 0 Å². The molecule has 0 aromatic carbocycles. The van der Waals surface area contributed by atoms with Gasteiger partial charge in [-0.1, -0.05) is 6.92 Å². The number of carbonyl (C=O) groups excluding carboxylic acids is 3. The van der Waals surface area contributed by atoms with Gasteiger partial charge >= 0.3 is 5.97 Å². The van der Waals surface area contributed by atoms with E-state index in [1.807, 2.05) is 0 Å². The zero-order valence-electron chi connectivity index (χ0n) is 7.87. The second kappa shape index (κ2) is 4.79. The summed E-state index contributed by atoms with van der Waals surface area (Å²) in [6.45, 7) is 2.76. The Hall–Kier alpha value is -1.13. The fourth-order valence-corrected chi connectivity index (χ4v) is 0.928. The largest absolute Gasteiger partial charge is 0.468 e. The van der Waals surface area contributed by atoms with Gasteiger partial charge in [0.1, 0.15) is 11.7 Å². The SMILES string of the molecule is [B]C(=O)C(C(=O)OC)C(C)C(C)=O. The predicted molar refractivity (Wildman–Crippen MR) is 46.1 cm³/mol. The van der Waals surface area contributed by atoms with Crippen LogP contribution in [-0.4, -0.2) is 32.4 Å². The van der Waals surface area contributed by atoms with Gasteiger partial charge in [0.05, 0.1) is 12.8 Å². The van der Waals surface area contributed by atoms with Gasteiger partial charge in [-0.05, 0) is 6.92 Å². The summed E-state index contributed by atoms with van der Waals surface area (Å²) in [5, 5.41) is 0. The van der Waals surface area contributed by atoms with Gasteiger partial charge < -0.3 is 9.53 Å². The van der Waals surface area contributed by atoms with Gasteiger partial charge in [-0.2, -0.15) is 0 Å². The molecule has 70 valence electrons. The molecular formula is C8H11BO4. The maximum atomic E-state index is 11.0. The minimum absolute atomic E-state index is 0.269. The maximum absolute atomic E-state index is 11.0. The van der Waals surface area contributed by atoms with E-state index in [0.29, 0.717) is 0 Å². The van der Waals surface area contributed by atoms with Crippen molar-refractivity contribution in [1.29, 1.82) is 0 Å². The molecule has 2 radical (unpaired) electrons. The average molecular weight is 182 g/mol. The second-order valence-electron chi connectivity index (χ2n) is 2.80. The van der Waals surface area contributed by atoms with Gasteiger partial charge in [-0.25, -0.2) is 0 Å². The van der Waals surface area contributed by atoms with Crippen LogP contribution in [-0.2, 0) is 19.1 Å². The summed E-state index contributed by atoms with van der Waals surface area (Å²) in [4.78, 5) is 32.7. The van der Waals surface area contributed by atoms with Crippen LogP contribution < -0.4 is 0 Å². The lowest BCUT2D eigenvalue weighted by Crippen LogP contribution is -2.34. The van der Waals surface area contributed by atoms with E-state index in [1.54, 1.807) is 0 Å². The Morgan fingerprint density at radius 1 is 1.31 bits per heavy atom. The molecule has 0 aliphatic rings. The van der Waals surface area contributed by atoms with E-state index in [0.717, 1.165) is 7.11 Å². The summed E-state index contributed by atoms with van der Waals surface area (Å²) in [6.07, 6.45) is 0. The van der Waals surface area contributed by atoms with E-state index >= 15 is 0 Å². The first-order chi connectivity index (χ1) is 5.91. The topological polar surface area (TPSA) is 60.4 Å². The highest BCUT2D eigenvalue weighted by Crippen LogP contribution is 2.14. The minimum atomic E-state index is -1.18. The minimum Gasteiger partial charge on any atom is -0.468 e. The third-order valence-electron chi connectivity index (χ3n) is 1.90. The van der Waals surface area contributed by atoms with Crippen molar-refractivity contribution in [2.24, 2.45) is 11.8 Å². The fourth-order valence-electron chi connectivity index (χ4n) is 0.928. The van der Waals surface area contributed by atoms with E-state index in [9.17, 15) is 14.4 Å². The van der Waals surface area contributed by atoms with Crippen molar-refractivity contribution in [2.75, 3.05) is 7.11 Å². The molecule has 0 spiro atoms. The Bertz CT molecular complexity index is 236. The summed E-state index contributed by atoms with van der Waals surface area (Å²) < 4.78 is 4.35. The van der Waals surface area contributed by atoms with E-state index in [1.165, 1.54) is 13.8 Å². The van der Waals surface area contributed by atoms with E-state index < -0.39 is 23.5 Å².